The topological polar surface area (TPSA) is 20.3 Å². The monoisotopic (exact) mass is 271 g/mol. The number of hydrogen-bond acceptors (Lipinski definition) is 2. The standard InChI is InChI=1S/C18H25NO/c1-19(2)18(10-3-4-11-18)17(20)13-14-8-9-15-6-5-7-16(15)12-14/h8-9,12H,3-7,10-11,13H2,1-2H3. The maximum Gasteiger partial charge on any atom is 0.157 e. The fourth-order valence-electron chi connectivity index (χ4n) is 4.02. The molecule has 0 heterocycles. The SMILES string of the molecule is CN(C)C1(C(=O)Cc2ccc3c(c2)CCC3)CCCC1. The summed E-state index contributed by atoms with van der Waals surface area (Å²) in [6.45, 7) is 0. The molecule has 2 aliphatic rings. The molecule has 0 saturated heterocycles. The highest BCUT2D eigenvalue weighted by Crippen LogP contribution is 2.35. The van der Waals surface area contributed by atoms with Gasteiger partial charge in [-0.15, -0.1) is 0 Å². The average molecular weight is 271 g/mol. The number of Topliss-reactive ketones (excluding diaryl/α,β-unsaturated/α-hetero) is 1. The Kier molecular flexibility index (Phi) is 3.68. The van der Waals surface area contributed by atoms with Crippen molar-refractivity contribution in [3.63, 3.8) is 0 Å². The Morgan fingerprint density at radius 1 is 1.10 bits per heavy atom. The minimum atomic E-state index is -0.195. The molecular weight excluding hydrogens is 246 g/mol. The normalized spacial score (nSPS) is 20.4. The zero-order chi connectivity index (χ0) is 14.2. The van der Waals surface area contributed by atoms with Crippen molar-refractivity contribution in [3.05, 3.63) is 34.9 Å². The first-order chi connectivity index (χ1) is 9.62. The number of rotatable bonds is 4. The first-order valence-electron chi connectivity index (χ1n) is 7.93. The molecule has 2 heteroatoms. The summed E-state index contributed by atoms with van der Waals surface area (Å²) in [5.74, 6) is 0.415. The summed E-state index contributed by atoms with van der Waals surface area (Å²) in [6.07, 6.45) is 8.72. The fraction of sp³-hybridized carbons (Fsp3) is 0.611. The van der Waals surface area contributed by atoms with Gasteiger partial charge in [0.25, 0.3) is 0 Å². The summed E-state index contributed by atoms with van der Waals surface area (Å²) in [6, 6.07) is 6.68. The predicted molar refractivity (Wildman–Crippen MR) is 82.1 cm³/mol. The van der Waals surface area contributed by atoms with E-state index in [9.17, 15) is 4.79 Å². The van der Waals surface area contributed by atoms with Crippen molar-refractivity contribution in [1.82, 2.24) is 4.90 Å². The van der Waals surface area contributed by atoms with E-state index in [1.54, 1.807) is 0 Å². The van der Waals surface area contributed by atoms with Crippen molar-refractivity contribution in [2.45, 2.75) is 56.9 Å². The number of aryl methyl sites for hydroxylation is 2. The molecule has 0 unspecified atom stereocenters. The van der Waals surface area contributed by atoms with Crippen LogP contribution in [0.25, 0.3) is 0 Å². The lowest BCUT2D eigenvalue weighted by atomic mass is 9.86. The molecule has 0 aliphatic heterocycles. The highest BCUT2D eigenvalue weighted by molar-refractivity contribution is 5.90. The van der Waals surface area contributed by atoms with Crippen LogP contribution in [0.4, 0.5) is 0 Å². The summed E-state index contributed by atoms with van der Waals surface area (Å²) in [4.78, 5) is 15.0. The van der Waals surface area contributed by atoms with Crippen LogP contribution < -0.4 is 0 Å². The smallest absolute Gasteiger partial charge is 0.157 e. The van der Waals surface area contributed by atoms with Crippen molar-refractivity contribution < 1.29 is 4.79 Å². The molecular formula is C18H25NO. The van der Waals surface area contributed by atoms with Crippen molar-refractivity contribution in [3.8, 4) is 0 Å². The summed E-state index contributed by atoms with van der Waals surface area (Å²) < 4.78 is 0. The van der Waals surface area contributed by atoms with Crippen LogP contribution in [0.2, 0.25) is 0 Å². The summed E-state index contributed by atoms with van der Waals surface area (Å²) in [5, 5.41) is 0. The predicted octanol–water partition coefficient (Wildman–Crippen LogP) is 3.16. The molecule has 0 aromatic heterocycles. The van der Waals surface area contributed by atoms with Crippen molar-refractivity contribution in [2.24, 2.45) is 0 Å². The van der Waals surface area contributed by atoms with Gasteiger partial charge in [0.2, 0.25) is 0 Å². The number of likely N-dealkylation sites (N-methyl/N-ethyl adjacent to an activating group) is 1. The van der Waals surface area contributed by atoms with E-state index in [0.29, 0.717) is 12.2 Å². The third-order valence-electron chi connectivity index (χ3n) is 5.33. The van der Waals surface area contributed by atoms with E-state index < -0.39 is 0 Å². The van der Waals surface area contributed by atoms with Crippen LogP contribution in [-0.4, -0.2) is 30.3 Å². The van der Waals surface area contributed by atoms with Gasteiger partial charge in [-0.2, -0.15) is 0 Å². The molecule has 0 atom stereocenters. The Hall–Kier alpha value is -1.15. The second-order valence-electron chi connectivity index (χ2n) is 6.69. The zero-order valence-electron chi connectivity index (χ0n) is 12.7. The third kappa shape index (κ3) is 2.31. The van der Waals surface area contributed by atoms with Gasteiger partial charge in [0.15, 0.2) is 5.78 Å². The lowest BCUT2D eigenvalue weighted by molar-refractivity contribution is -0.128. The molecule has 0 amide bonds. The molecule has 0 bridgehead atoms. The molecule has 3 rings (SSSR count). The molecule has 1 aromatic rings. The van der Waals surface area contributed by atoms with Crippen LogP contribution in [0, 0.1) is 0 Å². The number of benzene rings is 1. The summed E-state index contributed by atoms with van der Waals surface area (Å²) in [5.41, 5.74) is 3.98. The number of nitrogens with zero attached hydrogens (tertiary/aromatic N) is 1. The van der Waals surface area contributed by atoms with Gasteiger partial charge in [0, 0.05) is 6.42 Å². The van der Waals surface area contributed by atoms with E-state index >= 15 is 0 Å². The Labute approximate surface area is 122 Å². The van der Waals surface area contributed by atoms with Crippen LogP contribution >= 0.6 is 0 Å². The van der Waals surface area contributed by atoms with Gasteiger partial charge in [-0.25, -0.2) is 0 Å². The van der Waals surface area contributed by atoms with Gasteiger partial charge < -0.3 is 0 Å². The number of hydrogen-bond donors (Lipinski definition) is 0. The zero-order valence-corrected chi connectivity index (χ0v) is 12.7. The number of carbonyl (C=O) groups is 1. The number of carbonyl (C=O) groups excluding carboxylic acids is 1. The maximum absolute atomic E-state index is 12.8. The number of fused-ring (bicyclic) bond motifs is 1. The van der Waals surface area contributed by atoms with E-state index in [2.05, 4.69) is 37.2 Å². The second kappa shape index (κ2) is 5.33. The van der Waals surface area contributed by atoms with E-state index in [1.807, 2.05) is 0 Å². The van der Waals surface area contributed by atoms with Gasteiger partial charge in [-0.05, 0) is 62.9 Å². The lowest BCUT2D eigenvalue weighted by Crippen LogP contribution is -2.49. The molecule has 1 fully saturated rings. The van der Waals surface area contributed by atoms with Crippen molar-refractivity contribution >= 4 is 5.78 Å². The highest BCUT2D eigenvalue weighted by atomic mass is 16.1. The van der Waals surface area contributed by atoms with Crippen LogP contribution in [0.3, 0.4) is 0 Å². The number of ketones is 1. The van der Waals surface area contributed by atoms with E-state index in [4.69, 9.17) is 0 Å². The summed E-state index contributed by atoms with van der Waals surface area (Å²) in [7, 11) is 4.12. The molecule has 0 N–H and O–H groups in total. The minimum absolute atomic E-state index is 0.195. The molecule has 0 spiro atoms. The third-order valence-corrected chi connectivity index (χ3v) is 5.33. The van der Waals surface area contributed by atoms with Gasteiger partial charge in [0.1, 0.15) is 0 Å². The Morgan fingerprint density at radius 2 is 1.80 bits per heavy atom. The lowest BCUT2D eigenvalue weighted by Gasteiger charge is -2.34. The molecule has 1 aromatic carbocycles. The van der Waals surface area contributed by atoms with Crippen LogP contribution in [-0.2, 0) is 24.1 Å². The fourth-order valence-corrected chi connectivity index (χ4v) is 4.02. The van der Waals surface area contributed by atoms with Gasteiger partial charge in [-0.1, -0.05) is 31.0 Å². The largest absolute Gasteiger partial charge is 0.297 e. The summed E-state index contributed by atoms with van der Waals surface area (Å²) >= 11 is 0. The molecule has 2 aliphatic carbocycles. The van der Waals surface area contributed by atoms with E-state index in [0.717, 1.165) is 12.8 Å². The molecule has 2 nitrogen and oxygen atoms in total. The van der Waals surface area contributed by atoms with Crippen molar-refractivity contribution in [1.29, 1.82) is 0 Å². The second-order valence-corrected chi connectivity index (χ2v) is 6.69. The Bertz CT molecular complexity index is 512. The van der Waals surface area contributed by atoms with Gasteiger partial charge >= 0.3 is 0 Å². The molecule has 0 radical (unpaired) electrons. The highest BCUT2D eigenvalue weighted by Gasteiger charge is 2.42. The van der Waals surface area contributed by atoms with E-state index in [-0.39, 0.29) is 5.54 Å². The Balaban J connectivity index is 1.78. The molecule has 20 heavy (non-hydrogen) atoms. The van der Waals surface area contributed by atoms with Crippen LogP contribution in [0.5, 0.6) is 0 Å². The van der Waals surface area contributed by atoms with Gasteiger partial charge in [-0.3, -0.25) is 9.69 Å². The van der Waals surface area contributed by atoms with Crippen LogP contribution in [0.15, 0.2) is 18.2 Å². The Morgan fingerprint density at radius 3 is 2.50 bits per heavy atom. The first kappa shape index (κ1) is 13.8. The van der Waals surface area contributed by atoms with Gasteiger partial charge in [0.05, 0.1) is 5.54 Å². The maximum atomic E-state index is 12.8. The first-order valence-corrected chi connectivity index (χ1v) is 7.93. The van der Waals surface area contributed by atoms with Crippen LogP contribution in [0.1, 0.15) is 48.8 Å². The van der Waals surface area contributed by atoms with E-state index in [1.165, 1.54) is 48.8 Å². The average Bonchev–Trinajstić information content (AvgIpc) is 3.07. The minimum Gasteiger partial charge on any atom is -0.297 e. The van der Waals surface area contributed by atoms with Crippen molar-refractivity contribution in [2.75, 3.05) is 14.1 Å². The molecule has 1 saturated carbocycles. The quantitative estimate of drug-likeness (QED) is 0.838. The molecule has 108 valence electrons.